The van der Waals surface area contributed by atoms with Gasteiger partial charge in [0, 0.05) is 16.3 Å². The van der Waals surface area contributed by atoms with Gasteiger partial charge in [0.2, 0.25) is 0 Å². The molecular formula is C20H24ClN. The van der Waals surface area contributed by atoms with Gasteiger partial charge in [0.25, 0.3) is 0 Å². The summed E-state index contributed by atoms with van der Waals surface area (Å²) in [5.41, 5.74) is 5.03. The second kappa shape index (κ2) is 4.76. The zero-order chi connectivity index (χ0) is 16.3. The van der Waals surface area contributed by atoms with E-state index >= 15 is 0 Å². The fraction of sp³-hybridized carbons (Fsp3) is 0.400. The molecule has 0 unspecified atom stereocenters. The van der Waals surface area contributed by atoms with Crippen molar-refractivity contribution >= 4 is 33.4 Å². The second-order valence-electron chi connectivity index (χ2n) is 8.27. The topological polar surface area (TPSA) is 15.8 Å². The first-order valence-electron chi connectivity index (χ1n) is 7.83. The third-order valence-corrected chi connectivity index (χ3v) is 4.69. The molecule has 22 heavy (non-hydrogen) atoms. The Hall–Kier alpha value is -1.47. The van der Waals surface area contributed by atoms with E-state index in [1.165, 1.54) is 21.9 Å². The van der Waals surface area contributed by atoms with Gasteiger partial charge in [0.15, 0.2) is 0 Å². The Morgan fingerprint density at radius 3 is 1.95 bits per heavy atom. The SMILES string of the molecule is CC(C)(C)c1ccc2[nH]c3c(Cl)cc(C(C)(C)C)cc3c2c1. The van der Waals surface area contributed by atoms with E-state index < -0.39 is 0 Å². The van der Waals surface area contributed by atoms with Crippen molar-refractivity contribution in [1.29, 1.82) is 0 Å². The fourth-order valence-electron chi connectivity index (χ4n) is 2.86. The van der Waals surface area contributed by atoms with Gasteiger partial charge in [0.05, 0.1) is 10.5 Å². The molecule has 0 aliphatic heterocycles. The molecule has 0 saturated carbocycles. The molecule has 116 valence electrons. The van der Waals surface area contributed by atoms with Crippen molar-refractivity contribution in [3.63, 3.8) is 0 Å². The van der Waals surface area contributed by atoms with Crippen LogP contribution in [0.15, 0.2) is 30.3 Å². The Labute approximate surface area is 137 Å². The highest BCUT2D eigenvalue weighted by atomic mass is 35.5. The molecule has 0 spiro atoms. The number of rotatable bonds is 0. The molecular weight excluding hydrogens is 290 g/mol. The molecule has 0 atom stereocenters. The summed E-state index contributed by atoms with van der Waals surface area (Å²) in [4.78, 5) is 3.47. The van der Waals surface area contributed by atoms with Crippen LogP contribution in [0.1, 0.15) is 52.7 Å². The Morgan fingerprint density at radius 2 is 1.36 bits per heavy atom. The molecule has 1 heterocycles. The molecule has 3 aromatic rings. The van der Waals surface area contributed by atoms with Crippen molar-refractivity contribution in [3.8, 4) is 0 Å². The monoisotopic (exact) mass is 313 g/mol. The summed E-state index contributed by atoms with van der Waals surface area (Å²) in [5, 5.41) is 3.28. The van der Waals surface area contributed by atoms with Crippen LogP contribution in [0.3, 0.4) is 0 Å². The smallest absolute Gasteiger partial charge is 0.0654 e. The molecule has 0 aliphatic carbocycles. The van der Waals surface area contributed by atoms with E-state index in [1.54, 1.807) is 0 Å². The number of halogens is 1. The molecule has 0 aliphatic rings. The first-order valence-corrected chi connectivity index (χ1v) is 8.21. The Balaban J connectivity index is 2.37. The summed E-state index contributed by atoms with van der Waals surface area (Å²) in [7, 11) is 0. The van der Waals surface area contributed by atoms with Crippen LogP contribution in [0.4, 0.5) is 0 Å². The van der Waals surface area contributed by atoms with Gasteiger partial charge in [-0.2, -0.15) is 0 Å². The molecule has 1 aromatic heterocycles. The molecule has 0 fully saturated rings. The van der Waals surface area contributed by atoms with Crippen LogP contribution >= 0.6 is 11.6 Å². The van der Waals surface area contributed by atoms with Gasteiger partial charge in [-0.3, -0.25) is 0 Å². The van der Waals surface area contributed by atoms with Gasteiger partial charge < -0.3 is 4.98 Å². The van der Waals surface area contributed by atoms with Gasteiger partial charge in [-0.1, -0.05) is 59.2 Å². The first kappa shape index (κ1) is 15.4. The summed E-state index contributed by atoms with van der Waals surface area (Å²) < 4.78 is 0. The van der Waals surface area contributed by atoms with Gasteiger partial charge in [-0.15, -0.1) is 0 Å². The third kappa shape index (κ3) is 2.52. The minimum atomic E-state index is 0.0864. The standard InChI is InChI=1S/C20H24ClN/c1-19(2,3)12-7-8-17-14(9-12)15-10-13(20(4,5)6)11-16(21)18(15)22-17/h7-11,22H,1-6H3. The van der Waals surface area contributed by atoms with Crippen molar-refractivity contribution in [1.82, 2.24) is 4.98 Å². The maximum atomic E-state index is 6.54. The lowest BCUT2D eigenvalue weighted by atomic mass is 9.85. The molecule has 0 bridgehead atoms. The summed E-state index contributed by atoms with van der Waals surface area (Å²) in [6.45, 7) is 13.4. The summed E-state index contributed by atoms with van der Waals surface area (Å²) in [6.07, 6.45) is 0. The van der Waals surface area contributed by atoms with Gasteiger partial charge in [0.1, 0.15) is 0 Å². The predicted molar refractivity (Wildman–Crippen MR) is 98.2 cm³/mol. The van der Waals surface area contributed by atoms with Crippen molar-refractivity contribution < 1.29 is 0 Å². The summed E-state index contributed by atoms with van der Waals surface area (Å²) in [5.74, 6) is 0. The zero-order valence-corrected chi connectivity index (χ0v) is 15.0. The number of aromatic amines is 1. The van der Waals surface area contributed by atoms with E-state index in [2.05, 4.69) is 76.9 Å². The van der Waals surface area contributed by atoms with Crippen LogP contribution in [-0.4, -0.2) is 4.98 Å². The average Bonchev–Trinajstić information content (AvgIpc) is 2.75. The fourth-order valence-corrected chi connectivity index (χ4v) is 3.12. The molecule has 0 amide bonds. The average molecular weight is 314 g/mol. The van der Waals surface area contributed by atoms with Crippen LogP contribution in [0, 0.1) is 0 Å². The van der Waals surface area contributed by atoms with Gasteiger partial charge in [-0.05, 0) is 46.2 Å². The van der Waals surface area contributed by atoms with Crippen LogP contribution in [0.5, 0.6) is 0 Å². The Kier molecular flexibility index (Phi) is 3.34. The maximum Gasteiger partial charge on any atom is 0.0654 e. The summed E-state index contributed by atoms with van der Waals surface area (Å²) >= 11 is 6.54. The molecule has 0 radical (unpaired) electrons. The number of benzene rings is 2. The number of aromatic nitrogens is 1. The molecule has 3 rings (SSSR count). The molecule has 2 heteroatoms. The van der Waals surface area contributed by atoms with Crippen molar-refractivity contribution in [3.05, 3.63) is 46.5 Å². The minimum absolute atomic E-state index is 0.0864. The van der Waals surface area contributed by atoms with E-state index in [-0.39, 0.29) is 10.8 Å². The molecule has 0 saturated heterocycles. The lowest BCUT2D eigenvalue weighted by Crippen LogP contribution is -2.11. The summed E-state index contributed by atoms with van der Waals surface area (Å²) in [6, 6.07) is 11.0. The number of hydrogen-bond donors (Lipinski definition) is 1. The normalized spacial score (nSPS) is 13.2. The molecule has 1 N–H and O–H groups in total. The Bertz CT molecular complexity index is 857. The lowest BCUT2D eigenvalue weighted by molar-refractivity contribution is 0.590. The highest BCUT2D eigenvalue weighted by molar-refractivity contribution is 6.36. The van der Waals surface area contributed by atoms with Crippen LogP contribution in [0.2, 0.25) is 5.02 Å². The van der Waals surface area contributed by atoms with Crippen molar-refractivity contribution in [2.24, 2.45) is 0 Å². The second-order valence-corrected chi connectivity index (χ2v) is 8.67. The minimum Gasteiger partial charge on any atom is -0.353 e. The molecule has 2 aromatic carbocycles. The van der Waals surface area contributed by atoms with E-state index in [9.17, 15) is 0 Å². The van der Waals surface area contributed by atoms with Gasteiger partial charge in [-0.25, -0.2) is 0 Å². The van der Waals surface area contributed by atoms with E-state index in [0.717, 1.165) is 16.1 Å². The number of hydrogen-bond acceptors (Lipinski definition) is 0. The third-order valence-electron chi connectivity index (χ3n) is 4.39. The number of nitrogens with one attached hydrogen (secondary N) is 1. The predicted octanol–water partition coefficient (Wildman–Crippen LogP) is 6.57. The van der Waals surface area contributed by atoms with Crippen LogP contribution in [-0.2, 0) is 10.8 Å². The highest BCUT2D eigenvalue weighted by Crippen LogP contribution is 2.37. The van der Waals surface area contributed by atoms with Crippen LogP contribution < -0.4 is 0 Å². The first-order chi connectivity index (χ1) is 10.1. The quantitative estimate of drug-likeness (QED) is 0.483. The highest BCUT2D eigenvalue weighted by Gasteiger charge is 2.19. The number of fused-ring (bicyclic) bond motifs is 3. The van der Waals surface area contributed by atoms with E-state index in [1.807, 2.05) is 0 Å². The van der Waals surface area contributed by atoms with Gasteiger partial charge >= 0.3 is 0 Å². The van der Waals surface area contributed by atoms with E-state index in [0.29, 0.717) is 0 Å². The number of H-pyrrole nitrogens is 1. The largest absolute Gasteiger partial charge is 0.353 e. The Morgan fingerprint density at radius 1 is 0.773 bits per heavy atom. The zero-order valence-electron chi connectivity index (χ0n) is 14.3. The maximum absolute atomic E-state index is 6.54. The van der Waals surface area contributed by atoms with Crippen molar-refractivity contribution in [2.75, 3.05) is 0 Å². The lowest BCUT2D eigenvalue weighted by Gasteiger charge is -2.20. The van der Waals surface area contributed by atoms with Crippen LogP contribution in [0.25, 0.3) is 21.8 Å². The molecule has 1 nitrogen and oxygen atoms in total. The van der Waals surface area contributed by atoms with Crippen molar-refractivity contribution in [2.45, 2.75) is 52.4 Å². The van der Waals surface area contributed by atoms with E-state index in [4.69, 9.17) is 11.6 Å².